The number of nitrogens with zero attached hydrogens (tertiary/aromatic N) is 6. The number of carbonyl (C=O) groups is 1. The van der Waals surface area contributed by atoms with Gasteiger partial charge >= 0.3 is 0 Å². The number of hydrogen-bond donors (Lipinski definition) is 0. The van der Waals surface area contributed by atoms with Gasteiger partial charge in [0.05, 0.1) is 16.5 Å². The van der Waals surface area contributed by atoms with Crippen LogP contribution in [-0.2, 0) is 7.05 Å². The highest BCUT2D eigenvalue weighted by Gasteiger charge is 2.25. The molecule has 1 aliphatic heterocycles. The van der Waals surface area contributed by atoms with Crippen molar-refractivity contribution in [2.24, 2.45) is 7.05 Å². The Balaban J connectivity index is 1.35. The predicted octanol–water partition coefficient (Wildman–Crippen LogP) is 2.68. The average Bonchev–Trinajstić information content (AvgIpc) is 3.33. The number of anilines is 1. The van der Waals surface area contributed by atoms with E-state index in [4.69, 9.17) is 0 Å². The Kier molecular flexibility index (Phi) is 3.97. The number of rotatable bonds is 2. The quantitative estimate of drug-likeness (QED) is 0.521. The molecule has 0 radical (unpaired) electrons. The first kappa shape index (κ1) is 17.1. The number of aromatic nitrogens is 4. The van der Waals surface area contributed by atoms with E-state index in [1.54, 1.807) is 29.3 Å². The van der Waals surface area contributed by atoms with Crippen molar-refractivity contribution in [3.8, 4) is 0 Å². The summed E-state index contributed by atoms with van der Waals surface area (Å²) in [7, 11) is 1.85. The molecule has 5 rings (SSSR count). The summed E-state index contributed by atoms with van der Waals surface area (Å²) in [5.41, 5.74) is 0.788. The fourth-order valence-corrected chi connectivity index (χ4v) is 4.65. The van der Waals surface area contributed by atoms with E-state index in [0.29, 0.717) is 36.4 Å². The Morgan fingerprint density at radius 3 is 2.75 bits per heavy atom. The molecule has 3 aromatic heterocycles. The molecule has 0 bridgehead atoms. The first-order valence-corrected chi connectivity index (χ1v) is 9.78. The van der Waals surface area contributed by atoms with E-state index in [9.17, 15) is 9.18 Å². The molecule has 9 heteroatoms. The molecule has 1 fully saturated rings. The molecule has 142 valence electrons. The number of carbonyl (C=O) groups excluding carboxylic acids is 1. The minimum Gasteiger partial charge on any atom is -0.352 e. The number of piperazine rings is 1. The monoisotopic (exact) mass is 396 g/mol. The number of fused-ring (bicyclic) bond motifs is 2. The molecule has 1 saturated heterocycles. The number of benzene rings is 1. The molecular formula is C19H17FN6OS. The van der Waals surface area contributed by atoms with E-state index in [1.807, 2.05) is 18.0 Å². The number of aryl methyl sites for hydroxylation is 1. The molecule has 0 spiro atoms. The summed E-state index contributed by atoms with van der Waals surface area (Å²) >= 11 is 1.34. The van der Waals surface area contributed by atoms with E-state index < -0.39 is 0 Å². The Morgan fingerprint density at radius 1 is 1.14 bits per heavy atom. The van der Waals surface area contributed by atoms with Gasteiger partial charge in [0.25, 0.3) is 5.91 Å². The van der Waals surface area contributed by atoms with Crippen molar-refractivity contribution in [1.29, 1.82) is 0 Å². The number of amides is 1. The van der Waals surface area contributed by atoms with Crippen LogP contribution in [0.2, 0.25) is 0 Å². The maximum atomic E-state index is 13.9. The third kappa shape index (κ3) is 2.70. The lowest BCUT2D eigenvalue weighted by atomic mass is 10.2. The number of thiophene rings is 1. The van der Waals surface area contributed by atoms with E-state index >= 15 is 0 Å². The molecule has 4 heterocycles. The molecule has 28 heavy (non-hydrogen) atoms. The highest BCUT2D eigenvalue weighted by Crippen LogP contribution is 2.29. The van der Waals surface area contributed by atoms with Gasteiger partial charge in [0, 0.05) is 43.3 Å². The van der Waals surface area contributed by atoms with Crippen LogP contribution < -0.4 is 4.90 Å². The van der Waals surface area contributed by atoms with Crippen LogP contribution >= 0.6 is 11.3 Å². The van der Waals surface area contributed by atoms with E-state index in [2.05, 4.69) is 20.0 Å². The molecule has 1 aromatic carbocycles. The SMILES string of the molecule is Cn1ncc2c(N3CCN(C(=O)c4cc5c(F)cccc5s4)CC3)ncnc21. The van der Waals surface area contributed by atoms with Gasteiger partial charge in [0.1, 0.15) is 18.0 Å². The lowest BCUT2D eigenvalue weighted by Crippen LogP contribution is -2.49. The standard InChI is InChI=1S/C19H17FN6OS/c1-24-17-13(10-23-24)18(22-11-21-17)25-5-7-26(8-6-25)19(27)16-9-12-14(20)3-2-4-15(12)28-16/h2-4,9-11H,5-8H2,1H3. The largest absolute Gasteiger partial charge is 0.352 e. The van der Waals surface area contributed by atoms with E-state index in [-0.39, 0.29) is 11.7 Å². The van der Waals surface area contributed by atoms with Gasteiger partial charge in [-0.3, -0.25) is 9.48 Å². The normalized spacial score (nSPS) is 14.9. The summed E-state index contributed by atoms with van der Waals surface area (Å²) < 4.78 is 16.4. The van der Waals surface area contributed by atoms with Gasteiger partial charge in [0.2, 0.25) is 0 Å². The molecule has 0 unspecified atom stereocenters. The maximum absolute atomic E-state index is 13.9. The molecule has 0 aliphatic carbocycles. The molecule has 1 amide bonds. The van der Waals surface area contributed by atoms with Crippen LogP contribution in [0, 0.1) is 5.82 Å². The second-order valence-corrected chi connectivity index (χ2v) is 7.83. The Labute approximate surface area is 164 Å². The molecular weight excluding hydrogens is 379 g/mol. The smallest absolute Gasteiger partial charge is 0.264 e. The summed E-state index contributed by atoms with van der Waals surface area (Å²) in [6, 6.07) is 6.59. The zero-order valence-corrected chi connectivity index (χ0v) is 16.0. The van der Waals surface area contributed by atoms with Gasteiger partial charge < -0.3 is 9.80 Å². The van der Waals surface area contributed by atoms with Gasteiger partial charge in [-0.15, -0.1) is 11.3 Å². The Hall–Kier alpha value is -3.07. The van der Waals surface area contributed by atoms with Gasteiger partial charge in [-0.1, -0.05) is 6.07 Å². The highest BCUT2D eigenvalue weighted by atomic mass is 32.1. The van der Waals surface area contributed by atoms with Crippen molar-refractivity contribution in [1.82, 2.24) is 24.6 Å². The van der Waals surface area contributed by atoms with E-state index in [0.717, 1.165) is 21.6 Å². The summed E-state index contributed by atoms with van der Waals surface area (Å²) in [4.78, 5) is 26.1. The summed E-state index contributed by atoms with van der Waals surface area (Å²) in [5, 5.41) is 5.67. The van der Waals surface area contributed by atoms with Crippen LogP contribution in [0.1, 0.15) is 9.67 Å². The topological polar surface area (TPSA) is 67.2 Å². The van der Waals surface area contributed by atoms with Crippen LogP contribution in [0.5, 0.6) is 0 Å². The zero-order valence-electron chi connectivity index (χ0n) is 15.2. The highest BCUT2D eigenvalue weighted by molar-refractivity contribution is 7.20. The Bertz CT molecular complexity index is 1190. The first-order valence-electron chi connectivity index (χ1n) is 8.97. The van der Waals surface area contributed by atoms with Crippen molar-refractivity contribution >= 4 is 44.2 Å². The van der Waals surface area contributed by atoms with Crippen LogP contribution in [0.4, 0.5) is 10.2 Å². The first-order chi connectivity index (χ1) is 13.6. The molecule has 7 nitrogen and oxygen atoms in total. The van der Waals surface area contributed by atoms with Crippen LogP contribution in [-0.4, -0.2) is 56.7 Å². The van der Waals surface area contributed by atoms with Crippen molar-refractivity contribution < 1.29 is 9.18 Å². The van der Waals surface area contributed by atoms with Crippen LogP contribution in [0.25, 0.3) is 21.1 Å². The Morgan fingerprint density at radius 2 is 1.96 bits per heavy atom. The van der Waals surface area contributed by atoms with Crippen molar-refractivity contribution in [2.45, 2.75) is 0 Å². The summed E-state index contributed by atoms with van der Waals surface area (Å²) in [6.07, 6.45) is 3.32. The summed E-state index contributed by atoms with van der Waals surface area (Å²) in [5.74, 6) is 0.505. The van der Waals surface area contributed by atoms with Crippen LogP contribution in [0.15, 0.2) is 36.8 Å². The maximum Gasteiger partial charge on any atom is 0.264 e. The van der Waals surface area contributed by atoms with Crippen molar-refractivity contribution in [3.05, 3.63) is 47.5 Å². The fraction of sp³-hybridized carbons (Fsp3) is 0.263. The zero-order chi connectivity index (χ0) is 19.3. The molecule has 0 atom stereocenters. The lowest BCUT2D eigenvalue weighted by Gasteiger charge is -2.35. The fourth-order valence-electron chi connectivity index (χ4n) is 3.61. The average molecular weight is 396 g/mol. The molecule has 0 N–H and O–H groups in total. The second-order valence-electron chi connectivity index (χ2n) is 6.74. The minimum atomic E-state index is -0.290. The third-order valence-corrected chi connectivity index (χ3v) is 6.18. The van der Waals surface area contributed by atoms with Crippen molar-refractivity contribution in [3.63, 3.8) is 0 Å². The van der Waals surface area contributed by atoms with Gasteiger partial charge in [-0.2, -0.15) is 5.10 Å². The molecule has 1 aliphatic rings. The minimum absolute atomic E-state index is 0.0468. The van der Waals surface area contributed by atoms with Crippen LogP contribution in [0.3, 0.4) is 0 Å². The lowest BCUT2D eigenvalue weighted by molar-refractivity contribution is 0.0751. The summed E-state index contributed by atoms with van der Waals surface area (Å²) in [6.45, 7) is 2.51. The van der Waals surface area contributed by atoms with E-state index in [1.165, 1.54) is 17.4 Å². The number of halogens is 1. The second kappa shape index (κ2) is 6.52. The molecule has 0 saturated carbocycles. The predicted molar refractivity (Wildman–Crippen MR) is 106 cm³/mol. The van der Waals surface area contributed by atoms with Crippen molar-refractivity contribution in [2.75, 3.05) is 31.1 Å². The van der Waals surface area contributed by atoms with Gasteiger partial charge in [0.15, 0.2) is 5.65 Å². The molecule has 4 aromatic rings. The van der Waals surface area contributed by atoms with Gasteiger partial charge in [-0.25, -0.2) is 14.4 Å². The van der Waals surface area contributed by atoms with Gasteiger partial charge in [-0.05, 0) is 18.2 Å². The third-order valence-electron chi connectivity index (χ3n) is 5.09. The number of hydrogen-bond acceptors (Lipinski definition) is 6.